The highest BCUT2D eigenvalue weighted by Crippen LogP contribution is 2.50. The smallest absolute Gasteiger partial charge is 0.330 e. The highest BCUT2D eigenvalue weighted by atomic mass is 31.2. The third-order valence-electron chi connectivity index (χ3n) is 4.22. The van der Waals surface area contributed by atoms with Crippen LogP contribution in [-0.4, -0.2) is 12.8 Å². The molecule has 0 spiro atoms. The summed E-state index contributed by atoms with van der Waals surface area (Å²) in [5, 5.41) is 0. The summed E-state index contributed by atoms with van der Waals surface area (Å²) >= 11 is 0. The van der Waals surface area contributed by atoms with E-state index in [4.69, 9.17) is 13.8 Å². The number of benzene rings is 2. The van der Waals surface area contributed by atoms with E-state index < -0.39 is 7.60 Å². The molecule has 1 atom stereocenters. The Morgan fingerprint density at radius 1 is 0.815 bits per heavy atom. The Hall–Kier alpha value is -1.61. The minimum atomic E-state index is -3.09. The summed E-state index contributed by atoms with van der Waals surface area (Å²) in [6.45, 7) is 4.62. The zero-order valence-corrected chi connectivity index (χ0v) is 17.3. The fourth-order valence-corrected chi connectivity index (χ4v) is 4.45. The Balaban J connectivity index is 1.97. The molecule has 4 nitrogen and oxygen atoms in total. The molecular weight excluding hydrogens is 359 g/mol. The van der Waals surface area contributed by atoms with Gasteiger partial charge in [0.05, 0.1) is 19.4 Å². The minimum absolute atomic E-state index is 0.204. The molecular formula is C22H31O4P. The first kappa shape index (κ1) is 21.7. The van der Waals surface area contributed by atoms with Gasteiger partial charge in [0, 0.05) is 5.56 Å². The molecule has 0 radical (unpaired) electrons. The van der Waals surface area contributed by atoms with Gasteiger partial charge in [0.1, 0.15) is 11.5 Å². The first-order valence-corrected chi connectivity index (χ1v) is 11.6. The minimum Gasteiger partial charge on any atom is -0.457 e. The first-order chi connectivity index (χ1) is 13.2. The SMILES string of the molecule is CCCCCCCP(=O)(OCC)OCc1ccccc1Oc1ccccc1. The molecule has 2 rings (SSSR count). The van der Waals surface area contributed by atoms with Crippen molar-refractivity contribution in [1.82, 2.24) is 0 Å². The van der Waals surface area contributed by atoms with Gasteiger partial charge in [-0.25, -0.2) is 0 Å². The van der Waals surface area contributed by atoms with E-state index >= 15 is 0 Å². The van der Waals surface area contributed by atoms with Gasteiger partial charge in [0.15, 0.2) is 0 Å². The Bertz CT molecular complexity index is 702. The quantitative estimate of drug-likeness (QED) is 0.268. The molecule has 2 aromatic rings. The molecule has 0 heterocycles. The summed E-state index contributed by atoms with van der Waals surface area (Å²) in [4.78, 5) is 0. The van der Waals surface area contributed by atoms with Gasteiger partial charge in [-0.05, 0) is 31.5 Å². The largest absolute Gasteiger partial charge is 0.457 e. The zero-order chi connectivity index (χ0) is 19.4. The zero-order valence-electron chi connectivity index (χ0n) is 16.4. The van der Waals surface area contributed by atoms with E-state index in [1.807, 2.05) is 61.5 Å². The summed E-state index contributed by atoms with van der Waals surface area (Å²) in [7, 11) is -3.09. The molecule has 0 aromatic heterocycles. The Morgan fingerprint density at radius 3 is 2.26 bits per heavy atom. The molecule has 1 unspecified atom stereocenters. The average Bonchev–Trinajstić information content (AvgIpc) is 2.68. The fourth-order valence-electron chi connectivity index (χ4n) is 2.78. The van der Waals surface area contributed by atoms with Crippen LogP contribution in [0.2, 0.25) is 0 Å². The van der Waals surface area contributed by atoms with Crippen LogP contribution in [0.1, 0.15) is 51.5 Å². The van der Waals surface area contributed by atoms with Crippen molar-refractivity contribution in [1.29, 1.82) is 0 Å². The van der Waals surface area contributed by atoms with Gasteiger partial charge in [0.25, 0.3) is 0 Å². The lowest BCUT2D eigenvalue weighted by Gasteiger charge is -2.19. The van der Waals surface area contributed by atoms with E-state index in [2.05, 4.69) is 6.92 Å². The van der Waals surface area contributed by atoms with E-state index in [1.54, 1.807) is 0 Å². The molecule has 0 aliphatic carbocycles. The second kappa shape index (κ2) is 12.0. The lowest BCUT2D eigenvalue weighted by Crippen LogP contribution is -2.02. The highest BCUT2D eigenvalue weighted by molar-refractivity contribution is 7.53. The predicted octanol–water partition coefficient (Wildman–Crippen LogP) is 7.20. The van der Waals surface area contributed by atoms with Gasteiger partial charge in [-0.3, -0.25) is 4.57 Å². The van der Waals surface area contributed by atoms with Crippen LogP contribution in [0, 0.1) is 0 Å². The molecule has 0 amide bonds. The molecule has 0 saturated carbocycles. The van der Waals surface area contributed by atoms with Crippen LogP contribution in [0.4, 0.5) is 0 Å². The summed E-state index contributed by atoms with van der Waals surface area (Å²) in [6.07, 6.45) is 5.95. The molecule has 0 bridgehead atoms. The van der Waals surface area contributed by atoms with Crippen molar-refractivity contribution in [2.45, 2.75) is 52.6 Å². The predicted molar refractivity (Wildman–Crippen MR) is 111 cm³/mol. The number of rotatable bonds is 13. The molecule has 2 aromatic carbocycles. The Labute approximate surface area is 163 Å². The van der Waals surface area contributed by atoms with Gasteiger partial charge < -0.3 is 13.8 Å². The van der Waals surface area contributed by atoms with Crippen molar-refractivity contribution in [3.8, 4) is 11.5 Å². The summed E-state index contributed by atoms with van der Waals surface area (Å²) in [5.41, 5.74) is 0.854. The van der Waals surface area contributed by atoms with Crippen LogP contribution in [0.15, 0.2) is 54.6 Å². The third-order valence-corrected chi connectivity index (χ3v) is 6.26. The molecule has 27 heavy (non-hydrogen) atoms. The topological polar surface area (TPSA) is 44.8 Å². The number of hydrogen-bond acceptors (Lipinski definition) is 4. The normalized spacial score (nSPS) is 13.3. The second-order valence-corrected chi connectivity index (χ2v) is 8.65. The van der Waals surface area contributed by atoms with Gasteiger partial charge in [-0.1, -0.05) is 69.0 Å². The summed E-state index contributed by atoms with van der Waals surface area (Å²) in [5.74, 6) is 1.46. The molecule has 5 heteroatoms. The highest BCUT2D eigenvalue weighted by Gasteiger charge is 2.24. The Morgan fingerprint density at radius 2 is 1.52 bits per heavy atom. The molecule has 0 aliphatic rings. The van der Waals surface area contributed by atoms with Crippen LogP contribution >= 0.6 is 7.60 Å². The van der Waals surface area contributed by atoms with E-state index in [9.17, 15) is 4.57 Å². The Kier molecular flexibility index (Phi) is 9.61. The van der Waals surface area contributed by atoms with Crippen molar-refractivity contribution in [2.75, 3.05) is 12.8 Å². The number of para-hydroxylation sites is 2. The molecule has 0 saturated heterocycles. The van der Waals surface area contributed by atoms with Gasteiger partial charge in [-0.2, -0.15) is 0 Å². The lowest BCUT2D eigenvalue weighted by molar-refractivity contribution is 0.202. The van der Waals surface area contributed by atoms with Crippen LogP contribution in [0.5, 0.6) is 11.5 Å². The molecule has 0 fully saturated rings. The standard InChI is InChI=1S/C22H31O4P/c1-3-5-6-7-13-18-27(23,24-4-2)25-19-20-14-11-12-17-22(20)26-21-15-9-8-10-16-21/h8-12,14-17H,3-7,13,18-19H2,1-2H3. The molecule has 0 N–H and O–H groups in total. The maximum absolute atomic E-state index is 13.0. The van der Waals surface area contributed by atoms with E-state index in [0.717, 1.165) is 30.6 Å². The number of unbranched alkanes of at least 4 members (excludes halogenated alkanes) is 4. The molecule has 148 valence electrons. The van der Waals surface area contributed by atoms with Crippen molar-refractivity contribution in [3.63, 3.8) is 0 Å². The number of ether oxygens (including phenoxy) is 1. The third kappa shape index (κ3) is 7.88. The fraction of sp³-hybridized carbons (Fsp3) is 0.455. The van der Waals surface area contributed by atoms with Crippen LogP contribution < -0.4 is 4.74 Å². The monoisotopic (exact) mass is 390 g/mol. The van der Waals surface area contributed by atoms with E-state index in [1.165, 1.54) is 12.8 Å². The van der Waals surface area contributed by atoms with Crippen molar-refractivity contribution < 1.29 is 18.3 Å². The second-order valence-electron chi connectivity index (χ2n) is 6.46. The molecule has 0 aliphatic heterocycles. The van der Waals surface area contributed by atoms with E-state index in [-0.39, 0.29) is 6.61 Å². The lowest BCUT2D eigenvalue weighted by atomic mass is 10.2. The van der Waals surface area contributed by atoms with Crippen molar-refractivity contribution in [2.24, 2.45) is 0 Å². The van der Waals surface area contributed by atoms with E-state index in [0.29, 0.717) is 18.5 Å². The maximum atomic E-state index is 13.0. The average molecular weight is 390 g/mol. The van der Waals surface area contributed by atoms with Gasteiger partial charge in [0.2, 0.25) is 0 Å². The summed E-state index contributed by atoms with van der Waals surface area (Å²) in [6, 6.07) is 17.3. The van der Waals surface area contributed by atoms with Crippen molar-refractivity contribution >= 4 is 7.60 Å². The first-order valence-electron chi connectivity index (χ1n) is 9.86. The van der Waals surface area contributed by atoms with Crippen LogP contribution in [-0.2, 0) is 20.2 Å². The summed E-state index contributed by atoms with van der Waals surface area (Å²) < 4.78 is 30.3. The van der Waals surface area contributed by atoms with Crippen LogP contribution in [0.3, 0.4) is 0 Å². The number of hydrogen-bond donors (Lipinski definition) is 0. The van der Waals surface area contributed by atoms with Gasteiger partial charge in [-0.15, -0.1) is 0 Å². The van der Waals surface area contributed by atoms with Crippen LogP contribution in [0.25, 0.3) is 0 Å². The van der Waals surface area contributed by atoms with Gasteiger partial charge >= 0.3 is 7.60 Å². The maximum Gasteiger partial charge on any atom is 0.330 e. The van der Waals surface area contributed by atoms with Crippen molar-refractivity contribution in [3.05, 3.63) is 60.2 Å².